The van der Waals surface area contributed by atoms with Crippen LogP contribution in [0.5, 0.6) is 0 Å². The standard InChI is InChI=1S/C16H34N4O/c1-4-17-16(19-12-15(3)13-21)18-8-5-9-20-10-6-14(2)7-11-20/h14-15,21H,4-13H2,1-3H3,(H2,17,18,19). The summed E-state index contributed by atoms with van der Waals surface area (Å²) in [6, 6.07) is 0. The summed E-state index contributed by atoms with van der Waals surface area (Å²) < 4.78 is 0. The Morgan fingerprint density at radius 2 is 2.05 bits per heavy atom. The average molecular weight is 298 g/mol. The van der Waals surface area contributed by atoms with Gasteiger partial charge in [0.05, 0.1) is 0 Å². The second-order valence-corrected chi connectivity index (χ2v) is 6.31. The van der Waals surface area contributed by atoms with Gasteiger partial charge in [0.15, 0.2) is 5.96 Å². The number of guanidine groups is 1. The van der Waals surface area contributed by atoms with E-state index in [-0.39, 0.29) is 12.5 Å². The molecule has 0 radical (unpaired) electrons. The van der Waals surface area contributed by atoms with Crippen molar-refractivity contribution in [1.82, 2.24) is 15.5 Å². The van der Waals surface area contributed by atoms with Gasteiger partial charge in [-0.15, -0.1) is 0 Å². The van der Waals surface area contributed by atoms with Crippen molar-refractivity contribution in [3.05, 3.63) is 0 Å². The Balaban J connectivity index is 2.17. The minimum atomic E-state index is 0.191. The third-order valence-electron chi connectivity index (χ3n) is 4.04. The summed E-state index contributed by atoms with van der Waals surface area (Å²) in [5.41, 5.74) is 0. The van der Waals surface area contributed by atoms with E-state index in [0.29, 0.717) is 6.54 Å². The molecule has 0 bridgehead atoms. The number of rotatable bonds is 8. The van der Waals surface area contributed by atoms with Crippen LogP contribution in [0.2, 0.25) is 0 Å². The van der Waals surface area contributed by atoms with E-state index in [1.165, 1.54) is 32.5 Å². The summed E-state index contributed by atoms with van der Waals surface area (Å²) in [6.07, 6.45) is 3.83. The van der Waals surface area contributed by atoms with E-state index in [1.807, 2.05) is 6.92 Å². The summed E-state index contributed by atoms with van der Waals surface area (Å²) in [4.78, 5) is 7.07. The van der Waals surface area contributed by atoms with Crippen molar-refractivity contribution >= 4 is 5.96 Å². The van der Waals surface area contributed by atoms with E-state index < -0.39 is 0 Å². The normalized spacial score (nSPS) is 19.5. The molecular formula is C16H34N4O. The molecule has 1 heterocycles. The first kappa shape index (κ1) is 18.2. The monoisotopic (exact) mass is 298 g/mol. The number of hydrogen-bond acceptors (Lipinski definition) is 3. The van der Waals surface area contributed by atoms with E-state index in [9.17, 15) is 0 Å². The Morgan fingerprint density at radius 1 is 1.33 bits per heavy atom. The Hall–Kier alpha value is -0.810. The van der Waals surface area contributed by atoms with Crippen LogP contribution < -0.4 is 10.6 Å². The van der Waals surface area contributed by atoms with E-state index in [0.717, 1.165) is 31.4 Å². The molecule has 1 aliphatic heterocycles. The molecule has 0 aromatic heterocycles. The molecule has 1 fully saturated rings. The molecule has 0 aromatic carbocycles. The van der Waals surface area contributed by atoms with Gasteiger partial charge in [-0.3, -0.25) is 4.99 Å². The number of aliphatic imine (C=N–C) groups is 1. The SMILES string of the molecule is CCNC(=NCC(C)CO)NCCCN1CCC(C)CC1. The van der Waals surface area contributed by atoms with E-state index >= 15 is 0 Å². The first-order valence-corrected chi connectivity index (χ1v) is 8.51. The molecule has 1 unspecified atom stereocenters. The maximum atomic E-state index is 9.04. The molecule has 3 N–H and O–H groups in total. The molecule has 124 valence electrons. The highest BCUT2D eigenvalue weighted by Gasteiger charge is 2.14. The highest BCUT2D eigenvalue weighted by Crippen LogP contribution is 2.15. The molecule has 0 amide bonds. The van der Waals surface area contributed by atoms with Crippen LogP contribution in [0.15, 0.2) is 4.99 Å². The zero-order valence-electron chi connectivity index (χ0n) is 14.1. The third-order valence-corrected chi connectivity index (χ3v) is 4.04. The molecule has 0 saturated carbocycles. The van der Waals surface area contributed by atoms with Crippen LogP contribution in [-0.2, 0) is 0 Å². The second kappa shape index (κ2) is 10.9. The fraction of sp³-hybridized carbons (Fsp3) is 0.938. The lowest BCUT2D eigenvalue weighted by Gasteiger charge is -2.30. The number of aliphatic hydroxyl groups excluding tert-OH is 1. The fourth-order valence-electron chi connectivity index (χ4n) is 2.44. The van der Waals surface area contributed by atoms with Gasteiger partial charge in [0.2, 0.25) is 0 Å². The Kier molecular flexibility index (Phi) is 9.42. The average Bonchev–Trinajstić information content (AvgIpc) is 2.50. The van der Waals surface area contributed by atoms with Crippen molar-refractivity contribution in [2.45, 2.75) is 40.0 Å². The molecule has 0 spiro atoms. The first-order chi connectivity index (χ1) is 10.2. The Labute approximate surface area is 130 Å². The van der Waals surface area contributed by atoms with Gasteiger partial charge in [-0.2, -0.15) is 0 Å². The van der Waals surface area contributed by atoms with Crippen LogP contribution in [0.3, 0.4) is 0 Å². The van der Waals surface area contributed by atoms with Gasteiger partial charge >= 0.3 is 0 Å². The molecule has 0 aromatic rings. The van der Waals surface area contributed by atoms with Crippen LogP contribution in [-0.4, -0.2) is 61.8 Å². The van der Waals surface area contributed by atoms with Gasteiger partial charge < -0.3 is 20.6 Å². The van der Waals surface area contributed by atoms with E-state index in [1.54, 1.807) is 0 Å². The van der Waals surface area contributed by atoms with Gasteiger partial charge in [0, 0.05) is 26.2 Å². The zero-order valence-corrected chi connectivity index (χ0v) is 14.1. The van der Waals surface area contributed by atoms with Crippen molar-refractivity contribution in [1.29, 1.82) is 0 Å². The summed E-state index contributed by atoms with van der Waals surface area (Å²) in [5.74, 6) is 1.99. The van der Waals surface area contributed by atoms with Gasteiger partial charge in [-0.25, -0.2) is 0 Å². The maximum absolute atomic E-state index is 9.04. The van der Waals surface area contributed by atoms with Gasteiger partial charge in [-0.1, -0.05) is 13.8 Å². The molecule has 1 rings (SSSR count). The molecule has 1 saturated heterocycles. The molecule has 1 atom stereocenters. The van der Waals surface area contributed by atoms with E-state index in [4.69, 9.17) is 5.11 Å². The van der Waals surface area contributed by atoms with Gasteiger partial charge in [0.25, 0.3) is 0 Å². The lowest BCUT2D eigenvalue weighted by Crippen LogP contribution is -2.40. The van der Waals surface area contributed by atoms with Crippen LogP contribution in [0.25, 0.3) is 0 Å². The summed E-state index contributed by atoms with van der Waals surface area (Å²) >= 11 is 0. The quantitative estimate of drug-likeness (QED) is 0.359. The minimum Gasteiger partial charge on any atom is -0.396 e. The summed E-state index contributed by atoms with van der Waals surface area (Å²) in [5, 5.41) is 15.7. The molecule has 21 heavy (non-hydrogen) atoms. The first-order valence-electron chi connectivity index (χ1n) is 8.51. The largest absolute Gasteiger partial charge is 0.396 e. The predicted octanol–water partition coefficient (Wildman–Crippen LogP) is 1.29. The molecule has 0 aliphatic carbocycles. The van der Waals surface area contributed by atoms with Crippen molar-refractivity contribution in [2.75, 3.05) is 45.9 Å². The number of likely N-dealkylation sites (tertiary alicyclic amines) is 1. The highest BCUT2D eigenvalue weighted by molar-refractivity contribution is 5.79. The smallest absolute Gasteiger partial charge is 0.191 e. The van der Waals surface area contributed by atoms with Crippen LogP contribution in [0, 0.1) is 11.8 Å². The van der Waals surface area contributed by atoms with Crippen LogP contribution >= 0.6 is 0 Å². The van der Waals surface area contributed by atoms with Gasteiger partial charge in [0.1, 0.15) is 0 Å². The van der Waals surface area contributed by atoms with Crippen molar-refractivity contribution in [3.8, 4) is 0 Å². The fourth-order valence-corrected chi connectivity index (χ4v) is 2.44. The Morgan fingerprint density at radius 3 is 2.67 bits per heavy atom. The maximum Gasteiger partial charge on any atom is 0.191 e. The van der Waals surface area contributed by atoms with Gasteiger partial charge in [-0.05, 0) is 57.7 Å². The third kappa shape index (κ3) is 8.27. The zero-order chi connectivity index (χ0) is 15.5. The number of piperidine rings is 1. The number of aliphatic hydroxyl groups is 1. The molecule has 1 aliphatic rings. The summed E-state index contributed by atoms with van der Waals surface area (Å²) in [6.45, 7) is 12.8. The second-order valence-electron chi connectivity index (χ2n) is 6.31. The summed E-state index contributed by atoms with van der Waals surface area (Å²) in [7, 11) is 0. The van der Waals surface area contributed by atoms with Crippen LogP contribution in [0.1, 0.15) is 40.0 Å². The topological polar surface area (TPSA) is 59.9 Å². The van der Waals surface area contributed by atoms with Crippen molar-refractivity contribution in [3.63, 3.8) is 0 Å². The number of nitrogens with one attached hydrogen (secondary N) is 2. The van der Waals surface area contributed by atoms with Crippen LogP contribution in [0.4, 0.5) is 0 Å². The van der Waals surface area contributed by atoms with Crippen molar-refractivity contribution in [2.24, 2.45) is 16.8 Å². The molecule has 5 heteroatoms. The lowest BCUT2D eigenvalue weighted by atomic mass is 9.99. The van der Waals surface area contributed by atoms with Crippen molar-refractivity contribution < 1.29 is 5.11 Å². The number of hydrogen-bond donors (Lipinski definition) is 3. The van der Waals surface area contributed by atoms with E-state index in [2.05, 4.69) is 34.4 Å². The molecular weight excluding hydrogens is 264 g/mol. The Bertz CT molecular complexity index is 288. The minimum absolute atomic E-state index is 0.191. The predicted molar refractivity (Wildman–Crippen MR) is 89.7 cm³/mol. The number of nitrogens with zero attached hydrogens (tertiary/aromatic N) is 2. The molecule has 5 nitrogen and oxygen atoms in total. The lowest BCUT2D eigenvalue weighted by molar-refractivity contribution is 0.191. The highest BCUT2D eigenvalue weighted by atomic mass is 16.3.